The molecule has 1 aliphatic heterocycles. The van der Waals surface area contributed by atoms with Gasteiger partial charge < -0.3 is 9.84 Å². The third-order valence-electron chi connectivity index (χ3n) is 4.33. The standard InChI is InChI=1S/C13H15Cl2NO4S/c1-20-13-11(3-2-9(14)12(13)15)21(18,19)16-5-7-4-10(17)8(7)6-16/h2-3,7-8,10,17H,4-6H2,1H3/t7-,8+,10-/m1/s1. The molecule has 21 heavy (non-hydrogen) atoms. The van der Waals surface area contributed by atoms with Crippen LogP contribution in [0.4, 0.5) is 0 Å². The van der Waals surface area contributed by atoms with Crippen molar-refractivity contribution in [3.63, 3.8) is 0 Å². The van der Waals surface area contributed by atoms with Gasteiger partial charge in [-0.05, 0) is 24.5 Å². The maximum Gasteiger partial charge on any atom is 0.246 e. The van der Waals surface area contributed by atoms with Gasteiger partial charge in [0.2, 0.25) is 10.0 Å². The largest absolute Gasteiger partial charge is 0.494 e. The Balaban J connectivity index is 1.98. The van der Waals surface area contributed by atoms with Gasteiger partial charge in [-0.2, -0.15) is 4.31 Å². The average Bonchev–Trinajstić information content (AvgIpc) is 2.79. The quantitative estimate of drug-likeness (QED) is 0.904. The fraction of sp³-hybridized carbons (Fsp3) is 0.538. The summed E-state index contributed by atoms with van der Waals surface area (Å²) in [7, 11) is -2.36. The van der Waals surface area contributed by atoms with Crippen molar-refractivity contribution in [1.82, 2.24) is 4.31 Å². The van der Waals surface area contributed by atoms with Crippen LogP contribution in [0.25, 0.3) is 0 Å². The van der Waals surface area contributed by atoms with Gasteiger partial charge in [0.25, 0.3) is 0 Å². The molecule has 116 valence electrons. The van der Waals surface area contributed by atoms with Crippen molar-refractivity contribution in [2.45, 2.75) is 17.4 Å². The lowest BCUT2D eigenvalue weighted by atomic mass is 9.74. The first-order valence-electron chi connectivity index (χ1n) is 6.56. The number of rotatable bonds is 3. The van der Waals surface area contributed by atoms with Crippen molar-refractivity contribution in [3.05, 3.63) is 22.2 Å². The first kappa shape index (κ1) is 15.4. The predicted molar refractivity (Wildman–Crippen MR) is 79.4 cm³/mol. The number of halogens is 2. The van der Waals surface area contributed by atoms with Crippen molar-refractivity contribution in [2.75, 3.05) is 20.2 Å². The number of methoxy groups -OCH3 is 1. The molecule has 3 atom stereocenters. The molecule has 8 heteroatoms. The number of aliphatic hydroxyl groups is 1. The third kappa shape index (κ3) is 2.33. The molecule has 0 spiro atoms. The van der Waals surface area contributed by atoms with E-state index in [2.05, 4.69) is 0 Å². The van der Waals surface area contributed by atoms with Gasteiger partial charge in [-0.15, -0.1) is 0 Å². The molecule has 1 aromatic rings. The zero-order valence-electron chi connectivity index (χ0n) is 11.3. The second-order valence-electron chi connectivity index (χ2n) is 5.44. The highest BCUT2D eigenvalue weighted by Gasteiger charge is 2.50. The molecule has 2 aliphatic rings. The van der Waals surface area contributed by atoms with Crippen LogP contribution in [0.5, 0.6) is 5.75 Å². The lowest BCUT2D eigenvalue weighted by molar-refractivity contribution is -0.00416. The predicted octanol–water partition coefficient (Wildman–Crippen LogP) is 2.00. The van der Waals surface area contributed by atoms with E-state index >= 15 is 0 Å². The molecular formula is C13H15Cl2NO4S. The van der Waals surface area contributed by atoms with E-state index in [-0.39, 0.29) is 32.5 Å². The summed E-state index contributed by atoms with van der Waals surface area (Å²) < 4.78 is 32.0. The zero-order chi connectivity index (χ0) is 15.4. The van der Waals surface area contributed by atoms with Gasteiger partial charge in [0.05, 0.1) is 18.2 Å². The Bertz CT molecular complexity index is 679. The van der Waals surface area contributed by atoms with Crippen LogP contribution in [0.1, 0.15) is 6.42 Å². The van der Waals surface area contributed by atoms with Gasteiger partial charge in [-0.3, -0.25) is 0 Å². The summed E-state index contributed by atoms with van der Waals surface area (Å²) in [6, 6.07) is 2.85. The number of sulfonamides is 1. The van der Waals surface area contributed by atoms with Crippen LogP contribution in [0.2, 0.25) is 10.0 Å². The number of hydrogen-bond acceptors (Lipinski definition) is 4. The molecule has 1 saturated heterocycles. The van der Waals surface area contributed by atoms with Crippen molar-refractivity contribution >= 4 is 33.2 Å². The second kappa shape index (κ2) is 5.28. The molecule has 0 unspecified atom stereocenters. The maximum atomic E-state index is 12.8. The minimum absolute atomic E-state index is 0.00943. The molecule has 3 rings (SSSR count). The second-order valence-corrected chi connectivity index (χ2v) is 8.13. The molecule has 1 heterocycles. The Kier molecular flexibility index (Phi) is 3.86. The fourth-order valence-corrected chi connectivity index (χ4v) is 5.21. The summed E-state index contributed by atoms with van der Waals surface area (Å²) in [6.07, 6.45) is 0.265. The highest BCUT2D eigenvalue weighted by atomic mass is 35.5. The van der Waals surface area contributed by atoms with Crippen LogP contribution in [0.3, 0.4) is 0 Å². The topological polar surface area (TPSA) is 66.8 Å². The van der Waals surface area contributed by atoms with E-state index in [9.17, 15) is 13.5 Å². The molecule has 0 aromatic heterocycles. The summed E-state index contributed by atoms with van der Waals surface area (Å²) in [4.78, 5) is 0.00943. The lowest BCUT2D eigenvalue weighted by Gasteiger charge is -2.34. The third-order valence-corrected chi connectivity index (χ3v) is 6.97. The Morgan fingerprint density at radius 1 is 1.33 bits per heavy atom. The minimum atomic E-state index is -3.72. The molecular weight excluding hydrogens is 337 g/mol. The van der Waals surface area contributed by atoms with E-state index in [4.69, 9.17) is 27.9 Å². The normalized spacial score (nSPS) is 29.0. The molecule has 1 aliphatic carbocycles. The van der Waals surface area contributed by atoms with Crippen LogP contribution in [0, 0.1) is 11.8 Å². The first-order chi connectivity index (χ1) is 9.86. The molecule has 0 bridgehead atoms. The lowest BCUT2D eigenvalue weighted by Crippen LogP contribution is -2.39. The van der Waals surface area contributed by atoms with E-state index < -0.39 is 16.1 Å². The van der Waals surface area contributed by atoms with Gasteiger partial charge in [-0.1, -0.05) is 23.2 Å². The van der Waals surface area contributed by atoms with Crippen molar-refractivity contribution in [3.8, 4) is 5.75 Å². The monoisotopic (exact) mass is 351 g/mol. The highest BCUT2D eigenvalue weighted by Crippen LogP contribution is 2.44. The molecule has 1 N–H and O–H groups in total. The summed E-state index contributed by atoms with van der Waals surface area (Å²) in [5, 5.41) is 9.99. The number of aliphatic hydroxyl groups excluding tert-OH is 1. The Morgan fingerprint density at radius 3 is 2.62 bits per heavy atom. The first-order valence-corrected chi connectivity index (χ1v) is 8.76. The molecule has 0 amide bonds. The van der Waals surface area contributed by atoms with Crippen LogP contribution in [-0.2, 0) is 10.0 Å². The van der Waals surface area contributed by atoms with E-state index in [1.54, 1.807) is 0 Å². The minimum Gasteiger partial charge on any atom is -0.494 e. The van der Waals surface area contributed by atoms with Gasteiger partial charge in [0.1, 0.15) is 9.92 Å². The van der Waals surface area contributed by atoms with Gasteiger partial charge in [0, 0.05) is 19.0 Å². The van der Waals surface area contributed by atoms with Crippen molar-refractivity contribution < 1.29 is 18.3 Å². The molecule has 1 saturated carbocycles. The molecule has 5 nitrogen and oxygen atoms in total. The van der Waals surface area contributed by atoms with Gasteiger partial charge in [-0.25, -0.2) is 8.42 Å². The van der Waals surface area contributed by atoms with E-state index in [1.807, 2.05) is 0 Å². The molecule has 1 aromatic carbocycles. The maximum absolute atomic E-state index is 12.8. The van der Waals surface area contributed by atoms with Crippen LogP contribution in [0.15, 0.2) is 17.0 Å². The summed E-state index contributed by atoms with van der Waals surface area (Å²) in [5.74, 6) is 0.334. The Hall–Kier alpha value is -0.530. The summed E-state index contributed by atoms with van der Waals surface area (Å²) in [6.45, 7) is 0.755. The summed E-state index contributed by atoms with van der Waals surface area (Å²) in [5.41, 5.74) is 0. The SMILES string of the molecule is COc1c(S(=O)(=O)N2C[C@H]3C[C@@H](O)[C@H]3C2)ccc(Cl)c1Cl. The van der Waals surface area contributed by atoms with Crippen LogP contribution in [-0.4, -0.2) is 44.1 Å². The van der Waals surface area contributed by atoms with Gasteiger partial charge in [0.15, 0.2) is 5.75 Å². The van der Waals surface area contributed by atoms with Crippen molar-refractivity contribution in [2.24, 2.45) is 11.8 Å². The molecule has 2 fully saturated rings. The highest BCUT2D eigenvalue weighted by molar-refractivity contribution is 7.89. The fourth-order valence-electron chi connectivity index (χ4n) is 3.07. The van der Waals surface area contributed by atoms with Crippen LogP contribution < -0.4 is 4.74 Å². The average molecular weight is 352 g/mol. The van der Waals surface area contributed by atoms with Crippen molar-refractivity contribution in [1.29, 1.82) is 0 Å². The van der Waals surface area contributed by atoms with Crippen LogP contribution >= 0.6 is 23.2 Å². The Morgan fingerprint density at radius 2 is 2.05 bits per heavy atom. The molecule has 0 radical (unpaired) electrons. The number of hydrogen-bond donors (Lipinski definition) is 1. The smallest absolute Gasteiger partial charge is 0.246 e. The Labute approximate surface area is 133 Å². The van der Waals surface area contributed by atoms with E-state index in [1.165, 1.54) is 23.5 Å². The summed E-state index contributed by atoms with van der Waals surface area (Å²) >= 11 is 11.9. The van der Waals surface area contributed by atoms with E-state index in [0.29, 0.717) is 19.5 Å². The number of fused-ring (bicyclic) bond motifs is 1. The van der Waals surface area contributed by atoms with E-state index in [0.717, 1.165) is 0 Å². The number of nitrogens with zero attached hydrogens (tertiary/aromatic N) is 1. The number of benzene rings is 1. The zero-order valence-corrected chi connectivity index (χ0v) is 13.6. The van der Waals surface area contributed by atoms with Gasteiger partial charge >= 0.3 is 0 Å². The number of ether oxygens (including phenoxy) is 1.